The summed E-state index contributed by atoms with van der Waals surface area (Å²) < 4.78 is 6.27. The van der Waals surface area contributed by atoms with Crippen LogP contribution in [0.5, 0.6) is 0 Å². The van der Waals surface area contributed by atoms with Crippen LogP contribution in [0.15, 0.2) is 95.9 Å². The molecule has 2 nitrogen and oxygen atoms in total. The summed E-state index contributed by atoms with van der Waals surface area (Å²) in [6, 6.07) is 32.1. The van der Waals surface area contributed by atoms with Gasteiger partial charge in [0.1, 0.15) is 0 Å². The Labute approximate surface area is 166 Å². The number of thioether (sulfide) groups is 1. The number of hydrogen-bond acceptors (Lipinski definition) is 3. The molecule has 1 saturated heterocycles. The molecule has 1 heterocycles. The van der Waals surface area contributed by atoms with Crippen LogP contribution in [0.25, 0.3) is 0 Å². The van der Waals surface area contributed by atoms with Crippen molar-refractivity contribution in [1.82, 2.24) is 4.90 Å². The molecule has 2 atom stereocenters. The van der Waals surface area contributed by atoms with Gasteiger partial charge in [0, 0.05) is 24.5 Å². The van der Waals surface area contributed by atoms with E-state index in [0.717, 1.165) is 26.2 Å². The van der Waals surface area contributed by atoms with Crippen molar-refractivity contribution in [1.29, 1.82) is 0 Å². The van der Waals surface area contributed by atoms with E-state index >= 15 is 0 Å². The molecule has 0 amide bonds. The van der Waals surface area contributed by atoms with Crippen molar-refractivity contribution in [3.8, 4) is 0 Å². The van der Waals surface area contributed by atoms with E-state index in [-0.39, 0.29) is 11.4 Å². The fourth-order valence-electron chi connectivity index (χ4n) is 3.55. The van der Waals surface area contributed by atoms with Crippen LogP contribution in [0.1, 0.15) is 16.4 Å². The van der Waals surface area contributed by atoms with E-state index < -0.39 is 0 Å². The zero-order valence-electron chi connectivity index (χ0n) is 15.4. The van der Waals surface area contributed by atoms with Gasteiger partial charge in [-0.2, -0.15) is 0 Å². The minimum Gasteiger partial charge on any atom is -0.374 e. The Hall–Kier alpha value is -2.07. The van der Waals surface area contributed by atoms with E-state index in [1.807, 2.05) is 11.8 Å². The molecule has 27 heavy (non-hydrogen) atoms. The largest absolute Gasteiger partial charge is 0.374 e. The molecule has 0 aliphatic carbocycles. The summed E-state index contributed by atoms with van der Waals surface area (Å²) >= 11 is 1.91. The van der Waals surface area contributed by atoms with Crippen molar-refractivity contribution in [3.63, 3.8) is 0 Å². The smallest absolute Gasteiger partial charge is 0.0865 e. The van der Waals surface area contributed by atoms with Crippen molar-refractivity contribution < 1.29 is 4.74 Å². The van der Waals surface area contributed by atoms with Crippen LogP contribution in [0.2, 0.25) is 0 Å². The van der Waals surface area contributed by atoms with Gasteiger partial charge in [-0.25, -0.2) is 0 Å². The number of benzene rings is 3. The summed E-state index contributed by atoms with van der Waals surface area (Å²) in [6.07, 6.45) is 0.176. The first-order valence-electron chi connectivity index (χ1n) is 9.53. The molecule has 3 aromatic carbocycles. The maximum atomic E-state index is 6.27. The summed E-state index contributed by atoms with van der Waals surface area (Å²) in [7, 11) is 0. The number of morpholine rings is 1. The summed E-state index contributed by atoms with van der Waals surface area (Å²) in [6.45, 7) is 3.71. The van der Waals surface area contributed by atoms with E-state index in [1.165, 1.54) is 16.0 Å². The maximum Gasteiger partial charge on any atom is 0.0865 e. The number of rotatable bonds is 6. The second-order valence-corrected chi connectivity index (χ2v) is 8.11. The third-order valence-corrected chi connectivity index (χ3v) is 6.27. The monoisotopic (exact) mass is 375 g/mol. The average molecular weight is 376 g/mol. The van der Waals surface area contributed by atoms with Crippen LogP contribution in [0.3, 0.4) is 0 Å². The maximum absolute atomic E-state index is 6.27. The van der Waals surface area contributed by atoms with E-state index in [9.17, 15) is 0 Å². The SMILES string of the molecule is c1ccc(CN2CCO[C@@H]([C@H](Sc3ccccc3)c3ccccc3)C2)cc1. The van der Waals surface area contributed by atoms with Crippen molar-refractivity contribution in [2.75, 3.05) is 19.7 Å². The van der Waals surface area contributed by atoms with Gasteiger partial charge in [0.15, 0.2) is 0 Å². The number of nitrogens with zero attached hydrogens (tertiary/aromatic N) is 1. The number of ether oxygens (including phenoxy) is 1. The molecule has 3 aromatic rings. The predicted molar refractivity (Wildman–Crippen MR) is 113 cm³/mol. The van der Waals surface area contributed by atoms with Crippen molar-refractivity contribution in [2.45, 2.75) is 22.8 Å². The first-order valence-corrected chi connectivity index (χ1v) is 10.4. The van der Waals surface area contributed by atoms with Crippen LogP contribution in [0.4, 0.5) is 0 Å². The summed E-state index contributed by atoms with van der Waals surface area (Å²) in [5, 5.41) is 0.284. The van der Waals surface area contributed by atoms with Crippen molar-refractivity contribution in [2.24, 2.45) is 0 Å². The lowest BCUT2D eigenvalue weighted by molar-refractivity contribution is -0.0319. The van der Waals surface area contributed by atoms with Crippen molar-refractivity contribution >= 4 is 11.8 Å². The standard InChI is InChI=1S/C24H25NOS/c1-4-10-20(11-5-1)18-25-16-17-26-23(19-25)24(21-12-6-2-7-13-21)27-22-14-8-3-9-15-22/h1-15,23-24H,16-19H2/t23-,24-/m1/s1. The average Bonchev–Trinajstić information content (AvgIpc) is 2.74. The summed E-state index contributed by atoms with van der Waals surface area (Å²) in [4.78, 5) is 3.81. The van der Waals surface area contributed by atoms with Gasteiger partial charge in [0.05, 0.1) is 18.0 Å². The highest BCUT2D eigenvalue weighted by molar-refractivity contribution is 7.99. The third kappa shape index (κ3) is 5.01. The van der Waals surface area contributed by atoms with Gasteiger partial charge in [-0.05, 0) is 23.3 Å². The van der Waals surface area contributed by atoms with E-state index in [4.69, 9.17) is 4.74 Å². The van der Waals surface area contributed by atoms with Crippen molar-refractivity contribution in [3.05, 3.63) is 102 Å². The van der Waals surface area contributed by atoms with Crippen LogP contribution in [-0.2, 0) is 11.3 Å². The Bertz CT molecular complexity index is 810. The van der Waals surface area contributed by atoms with Crippen LogP contribution < -0.4 is 0 Å². The van der Waals surface area contributed by atoms with Gasteiger partial charge in [-0.1, -0.05) is 78.9 Å². The molecule has 0 spiro atoms. The lowest BCUT2D eigenvalue weighted by atomic mass is 10.1. The van der Waals surface area contributed by atoms with Crippen LogP contribution in [0, 0.1) is 0 Å². The van der Waals surface area contributed by atoms with E-state index in [1.54, 1.807) is 0 Å². The van der Waals surface area contributed by atoms with E-state index in [2.05, 4.69) is 95.9 Å². The molecule has 0 radical (unpaired) electrons. The topological polar surface area (TPSA) is 12.5 Å². The van der Waals surface area contributed by atoms with E-state index in [0.29, 0.717) is 0 Å². The minimum atomic E-state index is 0.176. The van der Waals surface area contributed by atoms with Gasteiger partial charge in [-0.15, -0.1) is 11.8 Å². The Kier molecular flexibility index (Phi) is 6.25. The normalized spacial score (nSPS) is 18.9. The van der Waals surface area contributed by atoms with Gasteiger partial charge in [0.25, 0.3) is 0 Å². The second kappa shape index (κ2) is 9.23. The van der Waals surface area contributed by atoms with Gasteiger partial charge >= 0.3 is 0 Å². The zero-order valence-corrected chi connectivity index (χ0v) is 16.2. The molecule has 0 bridgehead atoms. The molecular weight excluding hydrogens is 350 g/mol. The molecule has 138 valence electrons. The molecule has 0 unspecified atom stereocenters. The highest BCUT2D eigenvalue weighted by Crippen LogP contribution is 2.40. The van der Waals surface area contributed by atoms with Gasteiger partial charge in [-0.3, -0.25) is 4.90 Å². The first kappa shape index (κ1) is 18.3. The summed E-state index contributed by atoms with van der Waals surface area (Å²) in [5.74, 6) is 0. The molecule has 1 fully saturated rings. The van der Waals surface area contributed by atoms with Gasteiger partial charge < -0.3 is 4.74 Å². The molecule has 3 heteroatoms. The third-order valence-electron chi connectivity index (χ3n) is 4.90. The van der Waals surface area contributed by atoms with Crippen LogP contribution in [-0.4, -0.2) is 30.7 Å². The van der Waals surface area contributed by atoms with Crippen LogP contribution >= 0.6 is 11.8 Å². The lowest BCUT2D eigenvalue weighted by Crippen LogP contribution is -2.44. The summed E-state index contributed by atoms with van der Waals surface area (Å²) in [5.41, 5.74) is 2.70. The molecule has 4 rings (SSSR count). The van der Waals surface area contributed by atoms with Gasteiger partial charge in [0.2, 0.25) is 0 Å². The predicted octanol–water partition coefficient (Wildman–Crippen LogP) is 5.42. The first-order chi connectivity index (χ1) is 13.4. The zero-order chi connectivity index (χ0) is 18.3. The molecular formula is C24H25NOS. The Morgan fingerprint density at radius 2 is 1.48 bits per heavy atom. The fourth-order valence-corrected chi connectivity index (χ4v) is 4.76. The molecule has 1 aliphatic heterocycles. The molecule has 1 aliphatic rings. The molecule has 0 N–H and O–H groups in total. The highest BCUT2D eigenvalue weighted by Gasteiger charge is 2.30. The fraction of sp³-hybridized carbons (Fsp3) is 0.250. The number of hydrogen-bond donors (Lipinski definition) is 0. The molecule has 0 aromatic heterocycles. The minimum absolute atomic E-state index is 0.176. The highest BCUT2D eigenvalue weighted by atomic mass is 32.2. The Morgan fingerprint density at radius 3 is 2.19 bits per heavy atom. The Morgan fingerprint density at radius 1 is 0.852 bits per heavy atom. The second-order valence-electron chi connectivity index (χ2n) is 6.89. The molecule has 0 saturated carbocycles. The Balaban J connectivity index is 1.52. The quantitative estimate of drug-likeness (QED) is 0.534. The lowest BCUT2D eigenvalue weighted by Gasteiger charge is -2.37.